The molecule has 25 heavy (non-hydrogen) atoms. The summed E-state index contributed by atoms with van der Waals surface area (Å²) in [5, 5.41) is 10.5. The zero-order chi connectivity index (χ0) is 18.0. The van der Waals surface area contributed by atoms with Crippen LogP contribution in [0.25, 0.3) is 16.9 Å². The Morgan fingerprint density at radius 1 is 1.20 bits per heavy atom. The van der Waals surface area contributed by atoms with Crippen molar-refractivity contribution in [3.05, 3.63) is 42.4 Å². The van der Waals surface area contributed by atoms with E-state index >= 15 is 0 Å². The van der Waals surface area contributed by atoms with Gasteiger partial charge in [0.15, 0.2) is 5.65 Å². The average molecular weight is 340 g/mol. The standard InChI is InChI=1S/C19H24N4O2/c1-19(2,3)17-18(24)23-12-15(21-11-16(23)22-17)13-5-7-14(8-6-13)25-10-4-9-20/h5-8,11-12,24H,4,9-10,20H2,1-3H3. The Kier molecular flexibility index (Phi) is 4.63. The fraction of sp³-hybridized carbons (Fsp3) is 0.368. The molecule has 0 fully saturated rings. The molecular formula is C19H24N4O2. The van der Waals surface area contributed by atoms with Gasteiger partial charge in [-0.1, -0.05) is 20.8 Å². The highest BCUT2D eigenvalue weighted by Gasteiger charge is 2.24. The molecule has 0 unspecified atom stereocenters. The zero-order valence-electron chi connectivity index (χ0n) is 14.9. The highest BCUT2D eigenvalue weighted by Crippen LogP contribution is 2.31. The number of aromatic nitrogens is 3. The minimum absolute atomic E-state index is 0.160. The van der Waals surface area contributed by atoms with Gasteiger partial charge in [0.2, 0.25) is 5.88 Å². The number of ether oxygens (including phenoxy) is 1. The molecule has 0 aliphatic heterocycles. The zero-order valence-corrected chi connectivity index (χ0v) is 14.9. The Bertz CT molecular complexity index is 864. The van der Waals surface area contributed by atoms with E-state index in [-0.39, 0.29) is 11.3 Å². The van der Waals surface area contributed by atoms with Gasteiger partial charge in [0.1, 0.15) is 11.4 Å². The van der Waals surface area contributed by atoms with Crippen LogP contribution in [-0.4, -0.2) is 32.6 Å². The van der Waals surface area contributed by atoms with Crippen molar-refractivity contribution >= 4 is 5.65 Å². The van der Waals surface area contributed by atoms with Gasteiger partial charge in [0.05, 0.1) is 18.5 Å². The second kappa shape index (κ2) is 6.72. The maximum Gasteiger partial charge on any atom is 0.219 e. The molecule has 3 rings (SSSR count). The van der Waals surface area contributed by atoms with Gasteiger partial charge < -0.3 is 15.6 Å². The molecule has 6 nitrogen and oxygen atoms in total. The first-order valence-electron chi connectivity index (χ1n) is 8.41. The van der Waals surface area contributed by atoms with E-state index in [0.717, 1.165) is 23.4 Å². The smallest absolute Gasteiger partial charge is 0.219 e. The summed E-state index contributed by atoms with van der Waals surface area (Å²) in [5.74, 6) is 0.965. The Hall–Kier alpha value is -2.60. The number of benzene rings is 1. The van der Waals surface area contributed by atoms with Gasteiger partial charge in [-0.25, -0.2) is 4.98 Å². The topological polar surface area (TPSA) is 85.7 Å². The number of nitrogens with two attached hydrogens (primary N) is 1. The van der Waals surface area contributed by atoms with Crippen molar-refractivity contribution in [2.75, 3.05) is 13.2 Å². The van der Waals surface area contributed by atoms with Crippen LogP contribution in [0.2, 0.25) is 0 Å². The molecule has 0 saturated carbocycles. The van der Waals surface area contributed by atoms with Crippen molar-refractivity contribution in [3.63, 3.8) is 0 Å². The summed E-state index contributed by atoms with van der Waals surface area (Å²) in [4.78, 5) is 8.96. The predicted octanol–water partition coefficient (Wildman–Crippen LogP) is 3.13. The van der Waals surface area contributed by atoms with Crippen LogP contribution in [0.5, 0.6) is 11.6 Å². The molecule has 3 N–H and O–H groups in total. The summed E-state index contributed by atoms with van der Waals surface area (Å²) in [6.45, 7) is 7.29. The number of hydrogen-bond acceptors (Lipinski definition) is 5. The number of hydrogen-bond donors (Lipinski definition) is 2. The molecule has 132 valence electrons. The summed E-state index contributed by atoms with van der Waals surface area (Å²) < 4.78 is 7.29. The van der Waals surface area contributed by atoms with E-state index in [1.54, 1.807) is 16.8 Å². The van der Waals surface area contributed by atoms with Gasteiger partial charge in [-0.3, -0.25) is 9.38 Å². The van der Waals surface area contributed by atoms with Gasteiger partial charge in [0.25, 0.3) is 0 Å². The minimum atomic E-state index is -0.237. The maximum atomic E-state index is 10.5. The molecule has 2 aromatic heterocycles. The highest BCUT2D eigenvalue weighted by molar-refractivity contribution is 5.61. The van der Waals surface area contributed by atoms with Crippen LogP contribution >= 0.6 is 0 Å². The van der Waals surface area contributed by atoms with Crippen molar-refractivity contribution in [3.8, 4) is 22.9 Å². The molecule has 1 aromatic carbocycles. The first kappa shape index (κ1) is 17.2. The molecule has 0 saturated heterocycles. The van der Waals surface area contributed by atoms with Gasteiger partial charge in [-0.15, -0.1) is 0 Å². The maximum absolute atomic E-state index is 10.5. The SMILES string of the molecule is CC(C)(C)c1nc2cnc(-c3ccc(OCCCN)cc3)cn2c1O. The molecular weight excluding hydrogens is 316 g/mol. The summed E-state index contributed by atoms with van der Waals surface area (Å²) in [6.07, 6.45) is 4.31. The normalized spacial score (nSPS) is 11.8. The molecule has 0 atom stereocenters. The van der Waals surface area contributed by atoms with Crippen LogP contribution in [0, 0.1) is 0 Å². The molecule has 0 spiro atoms. The van der Waals surface area contributed by atoms with E-state index in [0.29, 0.717) is 24.5 Å². The van der Waals surface area contributed by atoms with Crippen LogP contribution in [-0.2, 0) is 5.41 Å². The van der Waals surface area contributed by atoms with Crippen LogP contribution in [0.15, 0.2) is 36.7 Å². The molecule has 0 aliphatic rings. The molecule has 0 aliphatic carbocycles. The summed E-state index contributed by atoms with van der Waals surface area (Å²) >= 11 is 0. The Labute approximate surface area is 147 Å². The molecule has 6 heteroatoms. The van der Waals surface area contributed by atoms with Crippen LogP contribution in [0.1, 0.15) is 32.9 Å². The molecule has 0 radical (unpaired) electrons. The molecule has 2 heterocycles. The average Bonchev–Trinajstić information content (AvgIpc) is 2.92. The third-order valence-corrected chi connectivity index (χ3v) is 3.96. The van der Waals surface area contributed by atoms with Gasteiger partial charge >= 0.3 is 0 Å². The number of imidazole rings is 1. The van der Waals surface area contributed by atoms with Gasteiger partial charge in [0, 0.05) is 17.2 Å². The molecule has 3 aromatic rings. The van der Waals surface area contributed by atoms with Gasteiger partial charge in [-0.2, -0.15) is 0 Å². The molecule has 0 bridgehead atoms. The van der Waals surface area contributed by atoms with E-state index < -0.39 is 0 Å². The van der Waals surface area contributed by atoms with E-state index in [4.69, 9.17) is 10.5 Å². The monoisotopic (exact) mass is 340 g/mol. The summed E-state index contributed by atoms with van der Waals surface area (Å²) in [7, 11) is 0. The molecule has 0 amide bonds. The lowest BCUT2D eigenvalue weighted by molar-refractivity contribution is 0.313. The second-order valence-electron chi connectivity index (χ2n) is 7.05. The highest BCUT2D eigenvalue weighted by atomic mass is 16.5. The van der Waals surface area contributed by atoms with Gasteiger partial charge in [-0.05, 0) is 37.2 Å². The fourth-order valence-corrected chi connectivity index (χ4v) is 2.59. The van der Waals surface area contributed by atoms with Crippen molar-refractivity contribution < 1.29 is 9.84 Å². The summed E-state index contributed by atoms with van der Waals surface area (Å²) in [5.41, 5.74) is 8.22. The number of fused-ring (bicyclic) bond motifs is 1. The van der Waals surface area contributed by atoms with E-state index in [1.165, 1.54) is 0 Å². The van der Waals surface area contributed by atoms with E-state index in [1.807, 2.05) is 45.0 Å². The quantitative estimate of drug-likeness (QED) is 0.697. The largest absolute Gasteiger partial charge is 0.494 e. The van der Waals surface area contributed by atoms with Crippen LogP contribution in [0.4, 0.5) is 0 Å². The Morgan fingerprint density at radius 2 is 1.92 bits per heavy atom. The van der Waals surface area contributed by atoms with Crippen LogP contribution < -0.4 is 10.5 Å². The first-order valence-corrected chi connectivity index (χ1v) is 8.41. The van der Waals surface area contributed by atoms with Crippen molar-refractivity contribution in [2.24, 2.45) is 5.73 Å². The van der Waals surface area contributed by atoms with Crippen molar-refractivity contribution in [1.29, 1.82) is 0 Å². The Balaban J connectivity index is 1.90. The lowest BCUT2D eigenvalue weighted by Gasteiger charge is -2.14. The Morgan fingerprint density at radius 3 is 2.56 bits per heavy atom. The third kappa shape index (κ3) is 3.58. The number of nitrogens with zero attached hydrogens (tertiary/aromatic N) is 3. The lowest BCUT2D eigenvalue weighted by atomic mass is 9.92. The second-order valence-corrected chi connectivity index (χ2v) is 7.05. The third-order valence-electron chi connectivity index (χ3n) is 3.96. The van der Waals surface area contributed by atoms with Crippen molar-refractivity contribution in [2.45, 2.75) is 32.6 Å². The fourth-order valence-electron chi connectivity index (χ4n) is 2.59. The lowest BCUT2D eigenvalue weighted by Crippen LogP contribution is -2.11. The van der Waals surface area contributed by atoms with Crippen molar-refractivity contribution in [1.82, 2.24) is 14.4 Å². The van der Waals surface area contributed by atoms with E-state index in [9.17, 15) is 5.11 Å². The number of rotatable bonds is 5. The van der Waals surface area contributed by atoms with E-state index in [2.05, 4.69) is 9.97 Å². The van der Waals surface area contributed by atoms with Crippen LogP contribution in [0.3, 0.4) is 0 Å². The summed E-state index contributed by atoms with van der Waals surface area (Å²) in [6, 6.07) is 7.72. The minimum Gasteiger partial charge on any atom is -0.494 e. The number of aromatic hydroxyl groups is 1. The first-order chi connectivity index (χ1) is 11.9. The predicted molar refractivity (Wildman–Crippen MR) is 98.0 cm³/mol.